The number of nitrogens with one attached hydrogen (secondary N) is 1. The average Bonchev–Trinajstić information content (AvgIpc) is 2.39. The van der Waals surface area contributed by atoms with Crippen LogP contribution in [0.1, 0.15) is 15.9 Å². The summed E-state index contributed by atoms with van der Waals surface area (Å²) in [5.41, 5.74) is 7.88. The Morgan fingerprint density at radius 1 is 1.35 bits per heavy atom. The lowest BCUT2D eigenvalue weighted by Gasteiger charge is -2.11. The van der Waals surface area contributed by atoms with E-state index in [0.717, 1.165) is 5.56 Å². The largest absolute Gasteiger partial charge is 0.507 e. The number of halogens is 2. The van der Waals surface area contributed by atoms with Crippen molar-refractivity contribution in [1.29, 1.82) is 0 Å². The number of anilines is 2. The molecule has 0 spiro atoms. The number of phenolic OH excluding ortho intramolecular Hbond substituents is 1. The highest BCUT2D eigenvalue weighted by Gasteiger charge is 2.11. The number of rotatable bonds is 2. The van der Waals surface area contributed by atoms with Crippen LogP contribution in [0.4, 0.5) is 11.4 Å². The first-order valence-corrected chi connectivity index (χ1v) is 6.91. The minimum atomic E-state index is -0.336. The second kappa shape index (κ2) is 5.73. The first-order chi connectivity index (χ1) is 9.38. The monoisotopic (exact) mass is 354 g/mol. The van der Waals surface area contributed by atoms with E-state index in [4.69, 9.17) is 17.3 Å². The zero-order valence-corrected chi connectivity index (χ0v) is 12.9. The summed E-state index contributed by atoms with van der Waals surface area (Å²) in [4.78, 5) is 12.1. The van der Waals surface area contributed by atoms with Crippen LogP contribution in [0, 0.1) is 6.92 Å². The molecule has 20 heavy (non-hydrogen) atoms. The first-order valence-electron chi connectivity index (χ1n) is 5.74. The zero-order valence-electron chi connectivity index (χ0n) is 10.6. The summed E-state index contributed by atoms with van der Waals surface area (Å²) in [5, 5.41) is 12.7. The zero-order chi connectivity index (χ0) is 14.9. The lowest BCUT2D eigenvalue weighted by molar-refractivity contribution is 0.102. The highest BCUT2D eigenvalue weighted by Crippen LogP contribution is 2.28. The summed E-state index contributed by atoms with van der Waals surface area (Å²) >= 11 is 9.10. The van der Waals surface area contributed by atoms with E-state index in [1.54, 1.807) is 24.3 Å². The first kappa shape index (κ1) is 14.7. The van der Waals surface area contributed by atoms with Crippen LogP contribution in [0.15, 0.2) is 34.8 Å². The number of nitrogens with two attached hydrogens (primary N) is 1. The Morgan fingerprint density at radius 2 is 2.05 bits per heavy atom. The van der Waals surface area contributed by atoms with Gasteiger partial charge in [-0.1, -0.05) is 11.6 Å². The van der Waals surface area contributed by atoms with Gasteiger partial charge in [0.25, 0.3) is 5.91 Å². The normalized spacial score (nSPS) is 10.3. The molecule has 0 radical (unpaired) electrons. The topological polar surface area (TPSA) is 75.3 Å². The number of aryl methyl sites for hydroxylation is 1. The van der Waals surface area contributed by atoms with Gasteiger partial charge >= 0.3 is 0 Å². The van der Waals surface area contributed by atoms with E-state index in [0.29, 0.717) is 26.4 Å². The van der Waals surface area contributed by atoms with Gasteiger partial charge in [-0.15, -0.1) is 0 Å². The van der Waals surface area contributed by atoms with Crippen LogP contribution in [0.2, 0.25) is 5.02 Å². The van der Waals surface area contributed by atoms with Crippen LogP contribution in [0.25, 0.3) is 0 Å². The Kier molecular flexibility index (Phi) is 4.20. The van der Waals surface area contributed by atoms with Crippen molar-refractivity contribution in [2.45, 2.75) is 6.92 Å². The Balaban J connectivity index is 2.27. The Hall–Kier alpha value is -1.72. The van der Waals surface area contributed by atoms with E-state index >= 15 is 0 Å². The van der Waals surface area contributed by atoms with Gasteiger partial charge in [-0.2, -0.15) is 0 Å². The molecular weight excluding hydrogens is 344 g/mol. The highest BCUT2D eigenvalue weighted by molar-refractivity contribution is 9.10. The summed E-state index contributed by atoms with van der Waals surface area (Å²) in [6.45, 7) is 1.82. The van der Waals surface area contributed by atoms with E-state index in [-0.39, 0.29) is 11.7 Å². The number of nitrogen functional groups attached to an aromatic ring is 1. The van der Waals surface area contributed by atoms with E-state index in [1.165, 1.54) is 6.07 Å². The van der Waals surface area contributed by atoms with Gasteiger partial charge in [-0.25, -0.2) is 0 Å². The lowest BCUT2D eigenvalue weighted by atomic mass is 10.1. The van der Waals surface area contributed by atoms with E-state index < -0.39 is 0 Å². The molecule has 2 aromatic rings. The summed E-state index contributed by atoms with van der Waals surface area (Å²) < 4.78 is 0.528. The summed E-state index contributed by atoms with van der Waals surface area (Å²) in [6.07, 6.45) is 0. The van der Waals surface area contributed by atoms with Gasteiger partial charge in [0, 0.05) is 11.3 Å². The van der Waals surface area contributed by atoms with Gasteiger partial charge in [0.15, 0.2) is 0 Å². The average molecular weight is 356 g/mol. The van der Waals surface area contributed by atoms with Crippen LogP contribution in [-0.2, 0) is 0 Å². The molecule has 0 unspecified atom stereocenters. The van der Waals surface area contributed by atoms with Crippen LogP contribution in [0.5, 0.6) is 5.75 Å². The molecule has 4 nitrogen and oxygen atoms in total. The number of hydrogen-bond acceptors (Lipinski definition) is 3. The number of benzene rings is 2. The van der Waals surface area contributed by atoms with E-state index in [2.05, 4.69) is 21.2 Å². The molecule has 4 N–H and O–H groups in total. The smallest absolute Gasteiger partial charge is 0.255 e. The van der Waals surface area contributed by atoms with Gasteiger partial charge in [-0.05, 0) is 58.7 Å². The minimum Gasteiger partial charge on any atom is -0.507 e. The second-order valence-electron chi connectivity index (χ2n) is 4.31. The van der Waals surface area contributed by atoms with Crippen molar-refractivity contribution < 1.29 is 9.90 Å². The van der Waals surface area contributed by atoms with Crippen molar-refractivity contribution in [2.75, 3.05) is 11.1 Å². The summed E-state index contributed by atoms with van der Waals surface area (Å²) in [7, 11) is 0. The third kappa shape index (κ3) is 3.05. The molecule has 0 saturated carbocycles. The van der Waals surface area contributed by atoms with Gasteiger partial charge in [-0.3, -0.25) is 4.79 Å². The molecular formula is C14H12BrClN2O2. The number of amides is 1. The molecule has 0 bridgehead atoms. The van der Waals surface area contributed by atoms with Crippen LogP contribution >= 0.6 is 27.5 Å². The maximum atomic E-state index is 12.1. The molecule has 0 aromatic heterocycles. The van der Waals surface area contributed by atoms with Crippen LogP contribution in [0.3, 0.4) is 0 Å². The molecule has 2 aromatic carbocycles. The van der Waals surface area contributed by atoms with Crippen LogP contribution in [-0.4, -0.2) is 11.0 Å². The highest BCUT2D eigenvalue weighted by atomic mass is 79.9. The van der Waals surface area contributed by atoms with Gasteiger partial charge in [0.1, 0.15) is 5.75 Å². The van der Waals surface area contributed by atoms with Gasteiger partial charge < -0.3 is 16.2 Å². The maximum Gasteiger partial charge on any atom is 0.255 e. The van der Waals surface area contributed by atoms with Gasteiger partial charge in [0.05, 0.1) is 15.2 Å². The van der Waals surface area contributed by atoms with Crippen molar-refractivity contribution in [3.8, 4) is 5.75 Å². The van der Waals surface area contributed by atoms with Crippen molar-refractivity contribution in [2.24, 2.45) is 0 Å². The van der Waals surface area contributed by atoms with Crippen molar-refractivity contribution >= 4 is 44.8 Å². The molecule has 6 heteroatoms. The van der Waals surface area contributed by atoms with E-state index in [1.807, 2.05) is 6.92 Å². The Labute approximate surface area is 129 Å². The third-order valence-corrected chi connectivity index (χ3v) is 3.80. The van der Waals surface area contributed by atoms with Crippen molar-refractivity contribution in [3.63, 3.8) is 0 Å². The standard InChI is InChI=1S/C14H12BrClN2O2/c1-7-4-11(17)10(16)6-12(7)18-14(20)8-2-3-9(15)13(19)5-8/h2-6,19H,17H2,1H3,(H,18,20). The molecule has 0 aliphatic carbocycles. The van der Waals surface area contributed by atoms with E-state index in [9.17, 15) is 9.90 Å². The fourth-order valence-corrected chi connectivity index (χ4v) is 2.10. The predicted molar refractivity (Wildman–Crippen MR) is 84.4 cm³/mol. The van der Waals surface area contributed by atoms with Crippen LogP contribution < -0.4 is 11.1 Å². The molecule has 0 atom stereocenters. The number of carbonyl (C=O) groups is 1. The molecule has 2 rings (SSSR count). The number of aromatic hydroxyl groups is 1. The molecule has 104 valence electrons. The molecule has 0 aliphatic heterocycles. The van der Waals surface area contributed by atoms with Gasteiger partial charge in [0.2, 0.25) is 0 Å². The SMILES string of the molecule is Cc1cc(N)c(Cl)cc1NC(=O)c1ccc(Br)c(O)c1. The number of carbonyl (C=O) groups excluding carboxylic acids is 1. The quantitative estimate of drug-likeness (QED) is 0.714. The Morgan fingerprint density at radius 3 is 2.70 bits per heavy atom. The summed E-state index contributed by atoms with van der Waals surface area (Å²) in [6, 6.07) is 7.88. The molecule has 1 amide bonds. The fourth-order valence-electron chi connectivity index (χ4n) is 1.69. The lowest BCUT2D eigenvalue weighted by Crippen LogP contribution is -2.13. The van der Waals surface area contributed by atoms with Crippen molar-refractivity contribution in [1.82, 2.24) is 0 Å². The van der Waals surface area contributed by atoms with Crippen molar-refractivity contribution in [3.05, 3.63) is 51.0 Å². The fraction of sp³-hybridized carbons (Fsp3) is 0.0714. The second-order valence-corrected chi connectivity index (χ2v) is 5.57. The summed E-state index contributed by atoms with van der Waals surface area (Å²) in [5.74, 6) is -0.332. The molecule has 0 fully saturated rings. The number of phenols is 1. The maximum absolute atomic E-state index is 12.1. The minimum absolute atomic E-state index is 0.00436. The molecule has 0 aliphatic rings. The molecule has 0 heterocycles. The number of hydrogen-bond donors (Lipinski definition) is 3. The predicted octanol–water partition coefficient (Wildman–Crippen LogP) is 3.95. The Bertz CT molecular complexity index is 689. The third-order valence-electron chi connectivity index (χ3n) is 2.80. The molecule has 0 saturated heterocycles.